The van der Waals surface area contributed by atoms with Gasteiger partial charge in [-0.05, 0) is 43.9 Å². The number of nitrogens with zero attached hydrogens (tertiary/aromatic N) is 2. The fourth-order valence-corrected chi connectivity index (χ4v) is 3.11. The minimum atomic E-state index is 0.0254. The summed E-state index contributed by atoms with van der Waals surface area (Å²) in [7, 11) is 3.54. The molecule has 1 saturated heterocycles. The van der Waals surface area contributed by atoms with Crippen LogP contribution in [0.3, 0.4) is 0 Å². The number of rotatable bonds is 11. The first-order valence-corrected chi connectivity index (χ1v) is 10.6. The van der Waals surface area contributed by atoms with Crippen molar-refractivity contribution in [2.75, 3.05) is 60.2 Å². The van der Waals surface area contributed by atoms with Crippen LogP contribution in [0.25, 0.3) is 0 Å². The Hall–Kier alpha value is -2.12. The predicted molar refractivity (Wildman–Crippen MR) is 117 cm³/mol. The summed E-state index contributed by atoms with van der Waals surface area (Å²) in [6, 6.07) is 7.79. The molecule has 0 aliphatic carbocycles. The Labute approximate surface area is 174 Å². The smallest absolute Gasteiger partial charge is 0.253 e. The minimum absolute atomic E-state index is 0.0254. The van der Waals surface area contributed by atoms with E-state index in [9.17, 15) is 4.79 Å². The van der Waals surface area contributed by atoms with Crippen molar-refractivity contribution < 1.29 is 14.3 Å². The zero-order valence-electron chi connectivity index (χ0n) is 18.1. The average Bonchev–Trinajstić information content (AvgIpc) is 3.23. The minimum Gasteiger partial charge on any atom is -0.381 e. The van der Waals surface area contributed by atoms with Gasteiger partial charge < -0.3 is 25.0 Å². The Kier molecular flexibility index (Phi) is 10.5. The number of benzene rings is 1. The normalized spacial score (nSPS) is 16.7. The number of hydrogen-bond donors (Lipinski definition) is 2. The monoisotopic (exact) mass is 404 g/mol. The van der Waals surface area contributed by atoms with Crippen molar-refractivity contribution in [2.45, 2.75) is 26.2 Å². The molecule has 1 unspecified atom stereocenters. The number of hydrogen-bond acceptors (Lipinski definition) is 4. The van der Waals surface area contributed by atoms with Gasteiger partial charge in [-0.15, -0.1) is 0 Å². The van der Waals surface area contributed by atoms with Gasteiger partial charge in [0.2, 0.25) is 0 Å². The zero-order valence-corrected chi connectivity index (χ0v) is 18.1. The molecule has 0 bridgehead atoms. The van der Waals surface area contributed by atoms with E-state index in [-0.39, 0.29) is 5.91 Å². The molecule has 0 saturated carbocycles. The maximum Gasteiger partial charge on any atom is 0.253 e. The molecule has 0 aromatic heterocycles. The molecule has 0 radical (unpaired) electrons. The highest BCUT2D eigenvalue weighted by Gasteiger charge is 2.15. The van der Waals surface area contributed by atoms with Crippen LogP contribution in [0.1, 0.15) is 35.7 Å². The van der Waals surface area contributed by atoms with E-state index in [4.69, 9.17) is 9.47 Å². The van der Waals surface area contributed by atoms with E-state index in [1.807, 2.05) is 24.3 Å². The van der Waals surface area contributed by atoms with Crippen LogP contribution in [0.4, 0.5) is 0 Å². The van der Waals surface area contributed by atoms with E-state index in [2.05, 4.69) is 22.5 Å². The molecule has 0 spiro atoms. The van der Waals surface area contributed by atoms with E-state index in [1.54, 1.807) is 19.0 Å². The molecule has 1 aromatic rings. The summed E-state index contributed by atoms with van der Waals surface area (Å²) in [5, 5.41) is 6.63. The van der Waals surface area contributed by atoms with Gasteiger partial charge >= 0.3 is 0 Å². The lowest BCUT2D eigenvalue weighted by Gasteiger charge is -2.13. The Morgan fingerprint density at radius 2 is 2.21 bits per heavy atom. The number of aliphatic imine (C=N–C) groups is 1. The molecule has 2 rings (SSSR count). The number of ether oxygens (including phenoxy) is 2. The van der Waals surface area contributed by atoms with Crippen LogP contribution in [-0.4, -0.2) is 76.9 Å². The Balaban J connectivity index is 1.69. The van der Waals surface area contributed by atoms with Gasteiger partial charge in [-0.3, -0.25) is 9.79 Å². The van der Waals surface area contributed by atoms with Crippen molar-refractivity contribution in [1.29, 1.82) is 0 Å². The molecule has 1 fully saturated rings. The van der Waals surface area contributed by atoms with Gasteiger partial charge in [0.25, 0.3) is 5.91 Å². The summed E-state index contributed by atoms with van der Waals surface area (Å²) in [5.41, 5.74) is 1.85. The summed E-state index contributed by atoms with van der Waals surface area (Å²) in [6.07, 6.45) is 2.84. The molecular formula is C22H36N4O3. The lowest BCUT2D eigenvalue weighted by Crippen LogP contribution is -2.38. The number of amides is 1. The number of nitrogens with one attached hydrogen (secondary N) is 2. The number of guanidine groups is 1. The molecule has 1 heterocycles. The largest absolute Gasteiger partial charge is 0.381 e. The van der Waals surface area contributed by atoms with Crippen LogP contribution < -0.4 is 10.6 Å². The second-order valence-electron chi connectivity index (χ2n) is 7.50. The third-order valence-corrected chi connectivity index (χ3v) is 4.72. The van der Waals surface area contributed by atoms with Crippen molar-refractivity contribution in [1.82, 2.24) is 15.5 Å². The second-order valence-corrected chi connectivity index (χ2v) is 7.50. The first kappa shape index (κ1) is 23.2. The molecular weight excluding hydrogens is 368 g/mol. The molecule has 1 aliphatic heterocycles. The molecule has 162 valence electrons. The zero-order chi connectivity index (χ0) is 20.9. The van der Waals surface area contributed by atoms with Crippen LogP contribution in [0.2, 0.25) is 0 Å². The maximum atomic E-state index is 12.1. The quantitative estimate of drug-likeness (QED) is 0.335. The highest BCUT2D eigenvalue weighted by Crippen LogP contribution is 2.12. The highest BCUT2D eigenvalue weighted by atomic mass is 16.5. The van der Waals surface area contributed by atoms with Gasteiger partial charge in [-0.25, -0.2) is 0 Å². The maximum absolute atomic E-state index is 12.1. The first-order chi connectivity index (χ1) is 14.1. The fourth-order valence-electron chi connectivity index (χ4n) is 3.11. The van der Waals surface area contributed by atoms with Crippen LogP contribution in [0.15, 0.2) is 29.3 Å². The molecule has 1 amide bonds. The van der Waals surface area contributed by atoms with Gasteiger partial charge in [0.15, 0.2) is 5.96 Å². The molecule has 7 nitrogen and oxygen atoms in total. The first-order valence-electron chi connectivity index (χ1n) is 10.6. The summed E-state index contributed by atoms with van der Waals surface area (Å²) in [5.74, 6) is 1.40. The lowest BCUT2D eigenvalue weighted by atomic mass is 10.1. The molecule has 7 heteroatoms. The Morgan fingerprint density at radius 3 is 2.93 bits per heavy atom. The van der Waals surface area contributed by atoms with Gasteiger partial charge in [0.1, 0.15) is 0 Å². The Bertz CT molecular complexity index is 643. The van der Waals surface area contributed by atoms with Crippen LogP contribution >= 0.6 is 0 Å². The fraction of sp³-hybridized carbons (Fsp3) is 0.636. The van der Waals surface area contributed by atoms with Crippen LogP contribution in [0, 0.1) is 5.92 Å². The molecule has 2 N–H and O–H groups in total. The molecule has 1 atom stereocenters. The average molecular weight is 405 g/mol. The van der Waals surface area contributed by atoms with Crippen molar-refractivity contribution in [3.8, 4) is 0 Å². The van der Waals surface area contributed by atoms with Crippen molar-refractivity contribution in [3.05, 3.63) is 35.4 Å². The van der Waals surface area contributed by atoms with Crippen LogP contribution in [0.5, 0.6) is 0 Å². The van der Waals surface area contributed by atoms with Gasteiger partial charge in [-0.1, -0.05) is 12.1 Å². The lowest BCUT2D eigenvalue weighted by molar-refractivity contribution is 0.0827. The standard InChI is InChI=1S/C22H36N4O3/c1-4-23-22(24-11-6-13-28-16-19-10-14-29-17-19)25-12-9-18-7-5-8-20(15-18)21(27)26(2)3/h5,7-8,15,19H,4,6,9-14,16-17H2,1-3H3,(H2,23,24,25). The van der Waals surface area contributed by atoms with Gasteiger partial charge in [-0.2, -0.15) is 0 Å². The summed E-state index contributed by atoms with van der Waals surface area (Å²) in [4.78, 5) is 18.3. The second kappa shape index (κ2) is 13.2. The topological polar surface area (TPSA) is 75.2 Å². The van der Waals surface area contributed by atoms with Crippen molar-refractivity contribution >= 4 is 11.9 Å². The third-order valence-electron chi connectivity index (χ3n) is 4.72. The third kappa shape index (κ3) is 8.83. The van der Waals surface area contributed by atoms with Gasteiger partial charge in [0.05, 0.1) is 13.2 Å². The molecule has 1 aromatic carbocycles. The molecule has 29 heavy (non-hydrogen) atoms. The van der Waals surface area contributed by atoms with E-state index in [1.165, 1.54) is 0 Å². The summed E-state index contributed by atoms with van der Waals surface area (Å²) in [6.45, 7) is 7.57. The van der Waals surface area contributed by atoms with E-state index < -0.39 is 0 Å². The summed E-state index contributed by atoms with van der Waals surface area (Å²) < 4.78 is 11.1. The van der Waals surface area contributed by atoms with Crippen LogP contribution in [-0.2, 0) is 15.9 Å². The highest BCUT2D eigenvalue weighted by molar-refractivity contribution is 5.94. The van der Waals surface area contributed by atoms with Crippen molar-refractivity contribution in [3.63, 3.8) is 0 Å². The van der Waals surface area contributed by atoms with E-state index in [0.29, 0.717) is 5.92 Å². The van der Waals surface area contributed by atoms with Crippen molar-refractivity contribution in [2.24, 2.45) is 10.9 Å². The summed E-state index contributed by atoms with van der Waals surface area (Å²) >= 11 is 0. The number of carbonyl (C=O) groups excluding carboxylic acids is 1. The predicted octanol–water partition coefficient (Wildman–Crippen LogP) is 1.93. The number of carbonyl (C=O) groups is 1. The van der Waals surface area contributed by atoms with E-state index in [0.717, 1.165) is 82.4 Å². The SMILES string of the molecule is CCNC(=NCCCOCC1CCOC1)NCCc1cccc(C(=O)N(C)C)c1. The van der Waals surface area contributed by atoms with Gasteiger partial charge in [0, 0.05) is 58.4 Å². The van der Waals surface area contributed by atoms with E-state index >= 15 is 0 Å². The Morgan fingerprint density at radius 1 is 1.34 bits per heavy atom. The molecule has 1 aliphatic rings.